The summed E-state index contributed by atoms with van der Waals surface area (Å²) in [4.78, 5) is 14.4. The number of nitrogens with zero attached hydrogens (tertiary/aromatic N) is 1. The highest BCUT2D eigenvalue weighted by atomic mass is 35.5. The summed E-state index contributed by atoms with van der Waals surface area (Å²) in [6, 6.07) is 7.43. The molecule has 0 radical (unpaired) electrons. The Labute approximate surface area is 137 Å². The Bertz CT molecular complexity index is 495. The second kappa shape index (κ2) is 7.81. The monoisotopic (exact) mass is 325 g/mol. The molecule has 1 aromatic rings. The van der Waals surface area contributed by atoms with Crippen LogP contribution in [0.4, 0.5) is 5.69 Å². The van der Waals surface area contributed by atoms with Gasteiger partial charge in [-0.05, 0) is 62.2 Å². The van der Waals surface area contributed by atoms with E-state index in [2.05, 4.69) is 15.5 Å². The summed E-state index contributed by atoms with van der Waals surface area (Å²) in [5.41, 5.74) is 0.818. The van der Waals surface area contributed by atoms with Gasteiger partial charge in [0.05, 0.1) is 13.7 Å². The van der Waals surface area contributed by atoms with Gasteiger partial charge >= 0.3 is 0 Å². The Hall–Kier alpha value is -1.30. The maximum atomic E-state index is 12.1. The van der Waals surface area contributed by atoms with Crippen LogP contribution < -0.4 is 15.4 Å². The SMILES string of the molecule is COc1ccc(NC(=O)CN2CCC3CNCC3C2)cc1.Cl. The standard InChI is InChI=1S/C16H23N3O2.ClH/c1-21-15-4-2-14(3-5-15)18-16(20)11-19-7-6-12-8-17-9-13(12)10-19;/h2-5,12-13,17H,6-11H2,1H3,(H,18,20);1H. The zero-order valence-electron chi connectivity index (χ0n) is 12.9. The Kier molecular flexibility index (Phi) is 6.06. The van der Waals surface area contributed by atoms with E-state index in [9.17, 15) is 4.79 Å². The minimum atomic E-state index is 0. The van der Waals surface area contributed by atoms with Crippen molar-refractivity contribution in [2.75, 3.05) is 45.2 Å². The first-order valence-electron chi connectivity index (χ1n) is 7.61. The zero-order chi connectivity index (χ0) is 14.7. The van der Waals surface area contributed by atoms with E-state index in [4.69, 9.17) is 4.74 Å². The van der Waals surface area contributed by atoms with Crippen molar-refractivity contribution in [1.29, 1.82) is 0 Å². The van der Waals surface area contributed by atoms with Crippen LogP contribution in [0.25, 0.3) is 0 Å². The van der Waals surface area contributed by atoms with Crippen molar-refractivity contribution in [3.05, 3.63) is 24.3 Å². The van der Waals surface area contributed by atoms with Crippen molar-refractivity contribution in [2.45, 2.75) is 6.42 Å². The molecule has 0 aliphatic carbocycles. The summed E-state index contributed by atoms with van der Waals surface area (Å²) in [5.74, 6) is 2.38. The molecule has 2 unspecified atom stereocenters. The van der Waals surface area contributed by atoms with E-state index in [1.165, 1.54) is 6.42 Å². The summed E-state index contributed by atoms with van der Waals surface area (Å²) in [6.07, 6.45) is 1.20. The summed E-state index contributed by atoms with van der Waals surface area (Å²) in [6.45, 7) is 4.79. The van der Waals surface area contributed by atoms with Crippen LogP contribution in [0.1, 0.15) is 6.42 Å². The van der Waals surface area contributed by atoms with Crippen LogP contribution in [0, 0.1) is 11.8 Å². The second-order valence-corrected chi connectivity index (χ2v) is 5.98. The predicted molar refractivity (Wildman–Crippen MR) is 89.8 cm³/mol. The molecule has 2 saturated heterocycles. The lowest BCUT2D eigenvalue weighted by Gasteiger charge is -2.33. The van der Waals surface area contributed by atoms with E-state index in [-0.39, 0.29) is 18.3 Å². The maximum absolute atomic E-state index is 12.1. The highest BCUT2D eigenvalue weighted by molar-refractivity contribution is 5.92. The van der Waals surface area contributed by atoms with E-state index in [0.29, 0.717) is 12.5 Å². The Morgan fingerprint density at radius 3 is 2.77 bits per heavy atom. The van der Waals surface area contributed by atoms with Gasteiger partial charge in [0.2, 0.25) is 5.91 Å². The lowest BCUT2D eigenvalue weighted by Crippen LogP contribution is -2.43. The molecule has 2 fully saturated rings. The number of halogens is 1. The lowest BCUT2D eigenvalue weighted by molar-refractivity contribution is -0.117. The average molecular weight is 326 g/mol. The third kappa shape index (κ3) is 4.12. The van der Waals surface area contributed by atoms with Crippen molar-refractivity contribution in [3.63, 3.8) is 0 Å². The van der Waals surface area contributed by atoms with Gasteiger partial charge in [-0.1, -0.05) is 0 Å². The number of amides is 1. The molecule has 0 bridgehead atoms. The molecule has 0 aromatic heterocycles. The number of likely N-dealkylation sites (tertiary alicyclic amines) is 1. The molecule has 6 heteroatoms. The van der Waals surface area contributed by atoms with Gasteiger partial charge in [-0.2, -0.15) is 0 Å². The first kappa shape index (κ1) is 17.1. The van der Waals surface area contributed by atoms with Crippen LogP contribution in [0.2, 0.25) is 0 Å². The van der Waals surface area contributed by atoms with Gasteiger partial charge in [0.1, 0.15) is 5.75 Å². The van der Waals surface area contributed by atoms with Gasteiger partial charge < -0.3 is 15.4 Å². The fourth-order valence-electron chi connectivity index (χ4n) is 3.33. The number of rotatable bonds is 4. The van der Waals surface area contributed by atoms with E-state index in [1.807, 2.05) is 24.3 Å². The largest absolute Gasteiger partial charge is 0.497 e. The molecular weight excluding hydrogens is 302 g/mol. The number of anilines is 1. The Balaban J connectivity index is 0.00000176. The minimum Gasteiger partial charge on any atom is -0.497 e. The van der Waals surface area contributed by atoms with Gasteiger partial charge in [0, 0.05) is 12.2 Å². The molecular formula is C16H24ClN3O2. The predicted octanol–water partition coefficient (Wildman–Crippen LogP) is 1.60. The Morgan fingerprint density at radius 1 is 1.32 bits per heavy atom. The van der Waals surface area contributed by atoms with Crippen molar-refractivity contribution in [2.24, 2.45) is 11.8 Å². The highest BCUT2D eigenvalue weighted by Gasteiger charge is 2.33. The molecule has 0 saturated carbocycles. The summed E-state index contributed by atoms with van der Waals surface area (Å²) >= 11 is 0. The van der Waals surface area contributed by atoms with E-state index in [1.54, 1.807) is 7.11 Å². The summed E-state index contributed by atoms with van der Waals surface area (Å²) < 4.78 is 5.11. The third-order valence-electron chi connectivity index (χ3n) is 4.53. The normalized spacial score (nSPS) is 24.2. The quantitative estimate of drug-likeness (QED) is 0.883. The van der Waals surface area contributed by atoms with E-state index < -0.39 is 0 Å². The van der Waals surface area contributed by atoms with Crippen LogP contribution >= 0.6 is 12.4 Å². The molecule has 5 nitrogen and oxygen atoms in total. The number of hydrogen-bond acceptors (Lipinski definition) is 4. The van der Waals surface area contributed by atoms with Crippen molar-refractivity contribution >= 4 is 24.0 Å². The van der Waals surface area contributed by atoms with Gasteiger partial charge in [-0.25, -0.2) is 0 Å². The highest BCUT2D eigenvalue weighted by Crippen LogP contribution is 2.26. The molecule has 2 aliphatic rings. The first-order chi connectivity index (χ1) is 10.2. The molecule has 2 atom stereocenters. The Morgan fingerprint density at radius 2 is 2.05 bits per heavy atom. The molecule has 2 N–H and O–H groups in total. The molecule has 2 aliphatic heterocycles. The maximum Gasteiger partial charge on any atom is 0.238 e. The zero-order valence-corrected chi connectivity index (χ0v) is 13.7. The fraction of sp³-hybridized carbons (Fsp3) is 0.562. The number of piperidine rings is 1. The van der Waals surface area contributed by atoms with Crippen LogP contribution in [-0.4, -0.2) is 50.6 Å². The van der Waals surface area contributed by atoms with Crippen molar-refractivity contribution in [3.8, 4) is 5.75 Å². The molecule has 22 heavy (non-hydrogen) atoms. The minimum absolute atomic E-state index is 0. The number of nitrogens with one attached hydrogen (secondary N) is 2. The van der Waals surface area contributed by atoms with Gasteiger partial charge in [-0.15, -0.1) is 12.4 Å². The van der Waals surface area contributed by atoms with E-state index >= 15 is 0 Å². The first-order valence-corrected chi connectivity index (χ1v) is 7.61. The van der Waals surface area contributed by atoms with Crippen molar-refractivity contribution in [1.82, 2.24) is 10.2 Å². The van der Waals surface area contributed by atoms with Gasteiger partial charge in [-0.3, -0.25) is 9.69 Å². The number of fused-ring (bicyclic) bond motifs is 1. The number of benzene rings is 1. The summed E-state index contributed by atoms with van der Waals surface area (Å²) in [5, 5.41) is 6.40. The molecule has 2 heterocycles. The smallest absolute Gasteiger partial charge is 0.238 e. The third-order valence-corrected chi connectivity index (χ3v) is 4.53. The molecule has 1 aromatic carbocycles. The number of methoxy groups -OCH3 is 1. The average Bonchev–Trinajstić information content (AvgIpc) is 2.95. The second-order valence-electron chi connectivity index (χ2n) is 5.98. The summed E-state index contributed by atoms with van der Waals surface area (Å²) in [7, 11) is 1.63. The van der Waals surface area contributed by atoms with Crippen LogP contribution in [0.3, 0.4) is 0 Å². The molecule has 0 spiro atoms. The number of carbonyl (C=O) groups excluding carboxylic acids is 1. The molecule has 1 amide bonds. The number of carbonyl (C=O) groups is 1. The van der Waals surface area contributed by atoms with Crippen molar-refractivity contribution < 1.29 is 9.53 Å². The lowest BCUT2D eigenvalue weighted by atomic mass is 9.89. The fourth-order valence-corrected chi connectivity index (χ4v) is 3.33. The number of ether oxygens (including phenoxy) is 1. The van der Waals surface area contributed by atoms with Crippen LogP contribution in [-0.2, 0) is 4.79 Å². The molecule has 122 valence electrons. The van der Waals surface area contributed by atoms with Crippen LogP contribution in [0.15, 0.2) is 24.3 Å². The van der Waals surface area contributed by atoms with Gasteiger partial charge in [0.15, 0.2) is 0 Å². The van der Waals surface area contributed by atoms with Gasteiger partial charge in [0.25, 0.3) is 0 Å². The van der Waals surface area contributed by atoms with E-state index in [0.717, 1.165) is 43.5 Å². The topological polar surface area (TPSA) is 53.6 Å². The number of hydrogen-bond donors (Lipinski definition) is 2. The van der Waals surface area contributed by atoms with Crippen LogP contribution in [0.5, 0.6) is 5.75 Å². The molecule has 3 rings (SSSR count).